The predicted molar refractivity (Wildman–Crippen MR) is 57.2 cm³/mol. The van der Waals surface area contributed by atoms with Gasteiger partial charge in [0.05, 0.1) is 6.20 Å². The molecule has 78 valence electrons. The standard InChI is InChI=1S/C11H19N3/c1-3-14-8-10(7-13-14)6-11(4-5-11)9-12-2/h7-8,12H,3-6,9H2,1-2H3. The van der Waals surface area contributed by atoms with Crippen molar-refractivity contribution in [1.29, 1.82) is 0 Å². The molecule has 3 nitrogen and oxygen atoms in total. The second kappa shape index (κ2) is 3.73. The normalized spacial score (nSPS) is 18.4. The quantitative estimate of drug-likeness (QED) is 0.767. The number of nitrogens with one attached hydrogen (secondary N) is 1. The molecule has 0 amide bonds. The van der Waals surface area contributed by atoms with Crippen LogP contribution in [0.5, 0.6) is 0 Å². The summed E-state index contributed by atoms with van der Waals surface area (Å²) in [6.45, 7) is 4.24. The third kappa shape index (κ3) is 1.98. The zero-order chi connectivity index (χ0) is 10.0. The van der Waals surface area contributed by atoms with E-state index in [0.29, 0.717) is 5.41 Å². The van der Waals surface area contributed by atoms with E-state index in [1.54, 1.807) is 0 Å². The number of hydrogen-bond donors (Lipinski definition) is 1. The largest absolute Gasteiger partial charge is 0.319 e. The zero-order valence-electron chi connectivity index (χ0n) is 9.08. The van der Waals surface area contributed by atoms with Crippen LogP contribution in [0.15, 0.2) is 12.4 Å². The Labute approximate surface area is 85.5 Å². The van der Waals surface area contributed by atoms with E-state index >= 15 is 0 Å². The maximum absolute atomic E-state index is 4.30. The molecular weight excluding hydrogens is 174 g/mol. The maximum atomic E-state index is 4.30. The monoisotopic (exact) mass is 193 g/mol. The van der Waals surface area contributed by atoms with E-state index in [4.69, 9.17) is 0 Å². The van der Waals surface area contributed by atoms with Crippen molar-refractivity contribution in [3.8, 4) is 0 Å². The second-order valence-electron chi connectivity index (χ2n) is 4.41. The minimum absolute atomic E-state index is 0.552. The van der Waals surface area contributed by atoms with Gasteiger partial charge in [0.2, 0.25) is 0 Å². The second-order valence-corrected chi connectivity index (χ2v) is 4.41. The molecule has 0 radical (unpaired) electrons. The summed E-state index contributed by atoms with van der Waals surface area (Å²) in [6, 6.07) is 0. The Kier molecular flexibility index (Phi) is 2.59. The SMILES string of the molecule is CCn1cc(CC2(CNC)CC2)cn1. The fraction of sp³-hybridized carbons (Fsp3) is 0.727. The summed E-state index contributed by atoms with van der Waals surface area (Å²) in [5.41, 5.74) is 1.94. The van der Waals surface area contributed by atoms with E-state index in [9.17, 15) is 0 Å². The van der Waals surface area contributed by atoms with Crippen LogP contribution < -0.4 is 5.32 Å². The van der Waals surface area contributed by atoms with Crippen molar-refractivity contribution in [2.45, 2.75) is 32.7 Å². The molecule has 1 N–H and O–H groups in total. The van der Waals surface area contributed by atoms with Crippen LogP contribution in [0.2, 0.25) is 0 Å². The molecule has 0 saturated heterocycles. The molecule has 1 aliphatic rings. The van der Waals surface area contributed by atoms with Crippen LogP contribution in [0.1, 0.15) is 25.3 Å². The zero-order valence-corrected chi connectivity index (χ0v) is 9.08. The van der Waals surface area contributed by atoms with Crippen LogP contribution in [0, 0.1) is 5.41 Å². The Morgan fingerprint density at radius 2 is 2.36 bits per heavy atom. The van der Waals surface area contributed by atoms with Crippen LogP contribution in [-0.2, 0) is 13.0 Å². The molecule has 0 aromatic carbocycles. The summed E-state index contributed by atoms with van der Waals surface area (Å²) in [5, 5.41) is 7.59. The van der Waals surface area contributed by atoms with Crippen molar-refractivity contribution in [3.63, 3.8) is 0 Å². The number of hydrogen-bond acceptors (Lipinski definition) is 2. The van der Waals surface area contributed by atoms with Crippen molar-refractivity contribution in [2.24, 2.45) is 5.41 Å². The molecule has 0 bridgehead atoms. The summed E-state index contributed by atoms with van der Waals surface area (Å²) >= 11 is 0. The molecule has 0 spiro atoms. The van der Waals surface area contributed by atoms with Gasteiger partial charge in [-0.25, -0.2) is 0 Å². The highest BCUT2D eigenvalue weighted by molar-refractivity contribution is 5.12. The van der Waals surface area contributed by atoms with Crippen LogP contribution in [-0.4, -0.2) is 23.4 Å². The molecule has 1 aromatic rings. The van der Waals surface area contributed by atoms with Gasteiger partial charge >= 0.3 is 0 Å². The van der Waals surface area contributed by atoms with E-state index < -0.39 is 0 Å². The van der Waals surface area contributed by atoms with Gasteiger partial charge < -0.3 is 5.32 Å². The first-order valence-corrected chi connectivity index (χ1v) is 5.44. The molecule has 0 aliphatic heterocycles. The van der Waals surface area contributed by atoms with Gasteiger partial charge in [0, 0.05) is 19.3 Å². The molecule has 1 aromatic heterocycles. The van der Waals surface area contributed by atoms with E-state index in [1.165, 1.54) is 24.8 Å². The van der Waals surface area contributed by atoms with Crippen molar-refractivity contribution < 1.29 is 0 Å². The molecule has 1 saturated carbocycles. The first-order valence-electron chi connectivity index (χ1n) is 5.44. The fourth-order valence-electron chi connectivity index (χ4n) is 2.07. The molecule has 1 aliphatic carbocycles. The molecule has 3 heteroatoms. The van der Waals surface area contributed by atoms with Gasteiger partial charge in [-0.15, -0.1) is 0 Å². The van der Waals surface area contributed by atoms with Crippen molar-refractivity contribution >= 4 is 0 Å². The number of rotatable bonds is 5. The molecule has 14 heavy (non-hydrogen) atoms. The van der Waals surface area contributed by atoms with Crippen molar-refractivity contribution in [3.05, 3.63) is 18.0 Å². The van der Waals surface area contributed by atoms with Crippen LogP contribution in [0.3, 0.4) is 0 Å². The minimum atomic E-state index is 0.552. The average Bonchev–Trinajstić information content (AvgIpc) is 2.78. The van der Waals surface area contributed by atoms with Gasteiger partial charge in [0.25, 0.3) is 0 Å². The lowest BCUT2D eigenvalue weighted by Crippen LogP contribution is -2.21. The van der Waals surface area contributed by atoms with Gasteiger partial charge in [0.15, 0.2) is 0 Å². The minimum Gasteiger partial charge on any atom is -0.319 e. The molecule has 1 fully saturated rings. The highest BCUT2D eigenvalue weighted by Gasteiger charge is 2.41. The molecule has 2 rings (SSSR count). The van der Waals surface area contributed by atoms with E-state index in [2.05, 4.69) is 23.5 Å². The first kappa shape index (κ1) is 9.71. The Bertz CT molecular complexity index is 299. The topological polar surface area (TPSA) is 29.9 Å². The van der Waals surface area contributed by atoms with E-state index in [1.807, 2.05) is 17.9 Å². The number of aryl methyl sites for hydroxylation is 1. The Hall–Kier alpha value is -0.830. The summed E-state index contributed by atoms with van der Waals surface area (Å²) < 4.78 is 2.00. The van der Waals surface area contributed by atoms with E-state index in [-0.39, 0.29) is 0 Å². The van der Waals surface area contributed by atoms with Crippen molar-refractivity contribution in [1.82, 2.24) is 15.1 Å². The number of aromatic nitrogens is 2. The summed E-state index contributed by atoms with van der Waals surface area (Å²) in [6.07, 6.45) is 8.11. The van der Waals surface area contributed by atoms with Crippen LogP contribution >= 0.6 is 0 Å². The fourth-order valence-corrected chi connectivity index (χ4v) is 2.07. The smallest absolute Gasteiger partial charge is 0.0521 e. The molecule has 1 heterocycles. The highest BCUT2D eigenvalue weighted by Crippen LogP contribution is 2.47. The van der Waals surface area contributed by atoms with Crippen LogP contribution in [0.25, 0.3) is 0 Å². The lowest BCUT2D eigenvalue weighted by molar-refractivity contribution is 0.478. The summed E-state index contributed by atoms with van der Waals surface area (Å²) in [4.78, 5) is 0. The first-order chi connectivity index (χ1) is 6.78. The maximum Gasteiger partial charge on any atom is 0.0521 e. The third-order valence-electron chi connectivity index (χ3n) is 3.10. The van der Waals surface area contributed by atoms with Gasteiger partial charge in [-0.2, -0.15) is 5.10 Å². The Morgan fingerprint density at radius 3 is 2.86 bits per heavy atom. The number of nitrogens with zero attached hydrogens (tertiary/aromatic N) is 2. The lowest BCUT2D eigenvalue weighted by atomic mass is 9.99. The van der Waals surface area contributed by atoms with Gasteiger partial charge in [-0.1, -0.05) is 0 Å². The predicted octanol–water partition coefficient (Wildman–Crippen LogP) is 1.45. The van der Waals surface area contributed by atoms with Gasteiger partial charge in [-0.05, 0) is 44.2 Å². The van der Waals surface area contributed by atoms with Gasteiger partial charge in [0.1, 0.15) is 0 Å². The van der Waals surface area contributed by atoms with Crippen molar-refractivity contribution in [2.75, 3.05) is 13.6 Å². The Balaban J connectivity index is 1.96. The Morgan fingerprint density at radius 1 is 1.57 bits per heavy atom. The molecule has 0 atom stereocenters. The lowest BCUT2D eigenvalue weighted by Gasteiger charge is -2.12. The average molecular weight is 193 g/mol. The highest BCUT2D eigenvalue weighted by atomic mass is 15.3. The van der Waals surface area contributed by atoms with Crippen LogP contribution in [0.4, 0.5) is 0 Å². The van der Waals surface area contributed by atoms with E-state index in [0.717, 1.165) is 13.1 Å². The molecule has 0 unspecified atom stereocenters. The summed E-state index contributed by atoms with van der Waals surface area (Å²) in [7, 11) is 2.04. The molecular formula is C11H19N3. The third-order valence-corrected chi connectivity index (χ3v) is 3.10. The summed E-state index contributed by atoms with van der Waals surface area (Å²) in [5.74, 6) is 0. The van der Waals surface area contributed by atoms with Gasteiger partial charge in [-0.3, -0.25) is 4.68 Å².